The van der Waals surface area contributed by atoms with Gasteiger partial charge in [0.05, 0.1) is 12.2 Å². The maximum absolute atomic E-state index is 5.66. The minimum atomic E-state index is 0.663. The fourth-order valence-electron chi connectivity index (χ4n) is 3.28. The third-order valence-corrected chi connectivity index (χ3v) is 5.60. The Morgan fingerprint density at radius 2 is 2.17 bits per heavy atom. The van der Waals surface area contributed by atoms with Gasteiger partial charge in [0.15, 0.2) is 10.8 Å². The second kappa shape index (κ2) is 5.53. The molecule has 0 bridgehead atoms. The van der Waals surface area contributed by atoms with Gasteiger partial charge >= 0.3 is 0 Å². The van der Waals surface area contributed by atoms with Crippen LogP contribution in [0.25, 0.3) is 10.8 Å². The molecular formula is C17H19N5OS. The van der Waals surface area contributed by atoms with E-state index >= 15 is 0 Å². The third-order valence-electron chi connectivity index (χ3n) is 4.69. The van der Waals surface area contributed by atoms with E-state index in [1.807, 2.05) is 19.1 Å². The first-order valence-corrected chi connectivity index (χ1v) is 9.30. The van der Waals surface area contributed by atoms with E-state index in [2.05, 4.69) is 25.0 Å². The van der Waals surface area contributed by atoms with Crippen LogP contribution in [0.15, 0.2) is 21.9 Å². The number of thiazole rings is 1. The number of rotatable bonds is 4. The Bertz CT molecular complexity index is 875. The largest absolute Gasteiger partial charge is 0.459 e. The molecule has 0 aromatic carbocycles. The fraction of sp³-hybridized carbons (Fsp3) is 0.471. The quantitative estimate of drug-likeness (QED) is 0.729. The molecule has 124 valence electrons. The Hall–Kier alpha value is -1.99. The monoisotopic (exact) mass is 341 g/mol. The molecule has 1 fully saturated rings. The predicted molar refractivity (Wildman–Crippen MR) is 90.7 cm³/mol. The summed E-state index contributed by atoms with van der Waals surface area (Å²) in [5, 5.41) is 11.9. The zero-order chi connectivity index (χ0) is 16.1. The van der Waals surface area contributed by atoms with Gasteiger partial charge in [0.1, 0.15) is 17.4 Å². The van der Waals surface area contributed by atoms with Crippen molar-refractivity contribution in [2.24, 2.45) is 0 Å². The number of furan rings is 1. The summed E-state index contributed by atoms with van der Waals surface area (Å²) in [4.78, 5) is 7.12. The van der Waals surface area contributed by atoms with Crippen molar-refractivity contribution in [2.45, 2.75) is 45.3 Å². The number of hydrogen-bond donors (Lipinski definition) is 0. The first-order chi connectivity index (χ1) is 11.8. The van der Waals surface area contributed by atoms with Crippen molar-refractivity contribution in [1.82, 2.24) is 24.6 Å². The van der Waals surface area contributed by atoms with Crippen LogP contribution in [-0.4, -0.2) is 31.2 Å². The lowest BCUT2D eigenvalue weighted by molar-refractivity contribution is 0.205. The molecular weight excluding hydrogens is 322 g/mol. The van der Waals surface area contributed by atoms with Gasteiger partial charge in [0.25, 0.3) is 0 Å². The van der Waals surface area contributed by atoms with Crippen LogP contribution in [0.2, 0.25) is 0 Å². The second-order valence-corrected chi connectivity index (χ2v) is 7.52. The van der Waals surface area contributed by atoms with E-state index in [9.17, 15) is 0 Å². The smallest absolute Gasteiger partial charge is 0.162 e. The van der Waals surface area contributed by atoms with Crippen LogP contribution in [0.1, 0.15) is 41.9 Å². The number of fused-ring (bicyclic) bond motifs is 1. The van der Waals surface area contributed by atoms with E-state index in [1.165, 1.54) is 18.7 Å². The van der Waals surface area contributed by atoms with Gasteiger partial charge in [-0.05, 0) is 31.9 Å². The van der Waals surface area contributed by atoms with E-state index in [0.717, 1.165) is 54.2 Å². The summed E-state index contributed by atoms with van der Waals surface area (Å²) in [7, 11) is 0. The fourth-order valence-corrected chi connectivity index (χ4v) is 4.05. The molecule has 1 saturated carbocycles. The van der Waals surface area contributed by atoms with E-state index in [-0.39, 0.29) is 0 Å². The number of aromatic nitrogens is 4. The Kier molecular flexibility index (Phi) is 3.31. The molecule has 0 N–H and O–H groups in total. The van der Waals surface area contributed by atoms with Crippen LogP contribution in [0.3, 0.4) is 0 Å². The summed E-state index contributed by atoms with van der Waals surface area (Å²) >= 11 is 1.64. The molecule has 0 radical (unpaired) electrons. The molecule has 5 rings (SSSR count). The highest BCUT2D eigenvalue weighted by Crippen LogP contribution is 2.39. The lowest BCUT2D eigenvalue weighted by Gasteiger charge is -2.27. The molecule has 4 heterocycles. The van der Waals surface area contributed by atoms with Gasteiger partial charge in [0, 0.05) is 30.9 Å². The maximum Gasteiger partial charge on any atom is 0.162 e. The van der Waals surface area contributed by atoms with Crippen molar-refractivity contribution >= 4 is 11.3 Å². The number of hydrogen-bond acceptors (Lipinski definition) is 6. The normalized spacial score (nSPS) is 18.0. The molecule has 1 aliphatic heterocycles. The third kappa shape index (κ3) is 2.57. The van der Waals surface area contributed by atoms with Gasteiger partial charge < -0.3 is 8.98 Å². The molecule has 6 nitrogen and oxygen atoms in total. The first-order valence-electron chi connectivity index (χ1n) is 8.42. The molecule has 0 saturated heterocycles. The van der Waals surface area contributed by atoms with Crippen LogP contribution >= 0.6 is 11.3 Å². The summed E-state index contributed by atoms with van der Waals surface area (Å²) in [5.74, 6) is 4.74. The Labute approximate surface area is 144 Å². The summed E-state index contributed by atoms with van der Waals surface area (Å²) in [5.41, 5.74) is 1.10. The molecule has 0 amide bonds. The molecule has 1 aliphatic carbocycles. The minimum Gasteiger partial charge on any atom is -0.459 e. The van der Waals surface area contributed by atoms with Crippen molar-refractivity contribution < 1.29 is 4.42 Å². The van der Waals surface area contributed by atoms with Gasteiger partial charge in [0.2, 0.25) is 0 Å². The summed E-state index contributed by atoms with van der Waals surface area (Å²) in [6.07, 6.45) is 2.55. The van der Waals surface area contributed by atoms with E-state index in [0.29, 0.717) is 5.92 Å². The highest BCUT2D eigenvalue weighted by molar-refractivity contribution is 7.13. The van der Waals surface area contributed by atoms with E-state index in [4.69, 9.17) is 9.40 Å². The lowest BCUT2D eigenvalue weighted by atomic mass is 10.3. The molecule has 0 unspecified atom stereocenters. The highest BCUT2D eigenvalue weighted by atomic mass is 32.1. The highest BCUT2D eigenvalue weighted by Gasteiger charge is 2.32. The van der Waals surface area contributed by atoms with Gasteiger partial charge in [-0.1, -0.05) is 0 Å². The van der Waals surface area contributed by atoms with Crippen LogP contribution < -0.4 is 0 Å². The number of nitrogens with zero attached hydrogens (tertiary/aromatic N) is 5. The average molecular weight is 341 g/mol. The molecule has 3 aromatic rings. The van der Waals surface area contributed by atoms with Crippen molar-refractivity contribution in [2.75, 3.05) is 6.54 Å². The SMILES string of the molecule is Cc1ccc(-c2nc(CN3CCn4c(nnc4C4CC4)C3)cs2)o1. The topological polar surface area (TPSA) is 60.0 Å². The Morgan fingerprint density at radius 3 is 2.96 bits per heavy atom. The van der Waals surface area contributed by atoms with Crippen LogP contribution in [0.5, 0.6) is 0 Å². The molecule has 2 aliphatic rings. The zero-order valence-electron chi connectivity index (χ0n) is 13.6. The predicted octanol–water partition coefficient (Wildman–Crippen LogP) is 3.20. The Morgan fingerprint density at radius 1 is 1.25 bits per heavy atom. The van der Waals surface area contributed by atoms with Crippen LogP contribution in [-0.2, 0) is 19.6 Å². The molecule has 7 heteroatoms. The average Bonchev–Trinajstić information content (AvgIpc) is 2.97. The van der Waals surface area contributed by atoms with Gasteiger partial charge in [-0.25, -0.2) is 4.98 Å². The standard InChI is InChI=1S/C17H19N5OS/c1-11-2-5-14(23-11)17-18-13(10-24-17)8-21-6-7-22-15(9-21)19-20-16(22)12-3-4-12/h2,5,10,12H,3-4,6-9H2,1H3. The van der Waals surface area contributed by atoms with Crippen molar-refractivity contribution in [3.63, 3.8) is 0 Å². The van der Waals surface area contributed by atoms with Gasteiger partial charge in [-0.15, -0.1) is 21.5 Å². The maximum atomic E-state index is 5.66. The lowest BCUT2D eigenvalue weighted by Crippen LogP contribution is -2.34. The summed E-state index contributed by atoms with van der Waals surface area (Å²) in [6.45, 7) is 5.67. The van der Waals surface area contributed by atoms with E-state index < -0.39 is 0 Å². The number of aryl methyl sites for hydroxylation is 1. The van der Waals surface area contributed by atoms with Gasteiger partial charge in [-0.3, -0.25) is 4.90 Å². The minimum absolute atomic E-state index is 0.663. The van der Waals surface area contributed by atoms with Crippen molar-refractivity contribution in [1.29, 1.82) is 0 Å². The second-order valence-electron chi connectivity index (χ2n) is 6.67. The molecule has 3 aromatic heterocycles. The van der Waals surface area contributed by atoms with Crippen molar-refractivity contribution in [3.05, 3.63) is 40.6 Å². The molecule has 24 heavy (non-hydrogen) atoms. The molecule has 0 spiro atoms. The zero-order valence-corrected chi connectivity index (χ0v) is 14.4. The Balaban J connectivity index is 1.29. The summed E-state index contributed by atoms with van der Waals surface area (Å²) < 4.78 is 7.99. The first kappa shape index (κ1) is 14.4. The van der Waals surface area contributed by atoms with Crippen LogP contribution in [0, 0.1) is 6.92 Å². The molecule has 0 atom stereocenters. The van der Waals surface area contributed by atoms with Gasteiger partial charge in [-0.2, -0.15) is 0 Å². The van der Waals surface area contributed by atoms with E-state index in [1.54, 1.807) is 11.3 Å². The van der Waals surface area contributed by atoms with Crippen molar-refractivity contribution in [3.8, 4) is 10.8 Å². The summed E-state index contributed by atoms with van der Waals surface area (Å²) in [6, 6.07) is 3.96. The van der Waals surface area contributed by atoms with Crippen LogP contribution in [0.4, 0.5) is 0 Å².